The summed E-state index contributed by atoms with van der Waals surface area (Å²) in [7, 11) is -0.0698. The highest BCUT2D eigenvalue weighted by molar-refractivity contribution is 6.74. The van der Waals surface area contributed by atoms with Crippen LogP contribution >= 0.6 is 0 Å². The number of hydrazine groups is 1. The topological polar surface area (TPSA) is 42.0 Å². The van der Waals surface area contributed by atoms with Crippen LogP contribution in [0.25, 0.3) is 0 Å². The highest BCUT2D eigenvalue weighted by Crippen LogP contribution is 2.36. The zero-order valence-corrected chi connectivity index (χ0v) is 17.5. The normalized spacial score (nSPS) is 13.1. The summed E-state index contributed by atoms with van der Waals surface area (Å²) in [5, 5.41) is 3.56. The van der Waals surface area contributed by atoms with E-state index in [9.17, 15) is 4.79 Å². The third-order valence-corrected chi connectivity index (χ3v) is 8.58. The summed E-state index contributed by atoms with van der Waals surface area (Å²) in [5.41, 5.74) is -0.511. The van der Waals surface area contributed by atoms with Crippen molar-refractivity contribution in [2.75, 3.05) is 26.7 Å². The summed E-state index contributed by atoms with van der Waals surface area (Å²) in [4.78, 5) is 12.2. The van der Waals surface area contributed by atoms with Gasteiger partial charge in [-0.3, -0.25) is 0 Å². The molecule has 5 nitrogen and oxygen atoms in total. The predicted octanol–water partition coefficient (Wildman–Crippen LogP) is 4.28. The van der Waals surface area contributed by atoms with Crippen molar-refractivity contribution in [2.24, 2.45) is 0 Å². The van der Waals surface area contributed by atoms with Crippen LogP contribution in [0.2, 0.25) is 18.1 Å². The lowest BCUT2D eigenvalue weighted by atomic mass is 10.2. The first kappa shape index (κ1) is 22.1. The van der Waals surface area contributed by atoms with E-state index in [1.54, 1.807) is 13.1 Å². The molecule has 0 aliphatic carbocycles. The van der Waals surface area contributed by atoms with Gasteiger partial charge in [-0.1, -0.05) is 26.8 Å². The molecule has 0 atom stereocenters. The Morgan fingerprint density at radius 1 is 1.17 bits per heavy atom. The lowest BCUT2D eigenvalue weighted by Gasteiger charge is -2.38. The summed E-state index contributed by atoms with van der Waals surface area (Å²) in [6.07, 6.45) is 1.40. The van der Waals surface area contributed by atoms with Gasteiger partial charge in [-0.05, 0) is 38.9 Å². The molecule has 0 N–H and O–H groups in total. The monoisotopic (exact) mass is 344 g/mol. The number of ether oxygens (including phenoxy) is 1. The van der Waals surface area contributed by atoms with Crippen LogP contribution in [-0.4, -0.2) is 56.8 Å². The molecule has 0 heterocycles. The largest absolute Gasteiger partial charge is 0.443 e. The molecule has 0 bridgehead atoms. The summed E-state index contributed by atoms with van der Waals surface area (Å²) < 4.78 is 11.6. The van der Waals surface area contributed by atoms with E-state index in [0.29, 0.717) is 19.7 Å². The molecule has 0 aliphatic rings. The van der Waals surface area contributed by atoms with Gasteiger partial charge in [0.15, 0.2) is 8.32 Å². The van der Waals surface area contributed by atoms with Crippen LogP contribution in [0.1, 0.15) is 41.5 Å². The minimum absolute atomic E-state index is 0.174. The molecule has 6 heteroatoms. The minimum Gasteiger partial charge on any atom is -0.443 e. The molecule has 0 rings (SSSR count). The molecule has 0 aromatic heterocycles. The quantitative estimate of drug-likeness (QED) is 0.393. The summed E-state index contributed by atoms with van der Waals surface area (Å²) in [6, 6.07) is 0. The van der Waals surface area contributed by atoms with E-state index in [2.05, 4.69) is 40.4 Å². The number of hydrogen-bond donors (Lipinski definition) is 0. The molecule has 0 radical (unpaired) electrons. The number of carbonyl (C=O) groups is 1. The summed E-state index contributed by atoms with van der Waals surface area (Å²) in [6.45, 7) is 22.2. The number of rotatable bonds is 7. The Morgan fingerprint density at radius 3 is 2.09 bits per heavy atom. The summed E-state index contributed by atoms with van der Waals surface area (Å²) >= 11 is 0. The number of carbonyl (C=O) groups excluding carboxylic acids is 1. The lowest BCUT2D eigenvalue weighted by molar-refractivity contribution is -0.0368. The van der Waals surface area contributed by atoms with E-state index in [0.717, 1.165) is 0 Å². The first-order chi connectivity index (χ1) is 10.2. The molecule has 136 valence electrons. The molecule has 1 amide bonds. The van der Waals surface area contributed by atoms with Crippen LogP contribution in [-0.2, 0) is 9.16 Å². The molecule has 0 aliphatic heterocycles. The van der Waals surface area contributed by atoms with Gasteiger partial charge in [0, 0.05) is 26.7 Å². The standard InChI is InChI=1S/C17H36N2O3Si/c1-11-12-19(18(8)15(20)22-16(2,3)4)13-14-21-23(9,10)17(5,6)7/h11H,1,12-14H2,2-10H3. The smallest absolute Gasteiger partial charge is 0.424 e. The SMILES string of the molecule is C=CCN(CCO[Si](C)(C)C(C)(C)C)N(C)C(=O)OC(C)(C)C. The van der Waals surface area contributed by atoms with Crippen LogP contribution in [0.3, 0.4) is 0 Å². The van der Waals surface area contributed by atoms with Gasteiger partial charge in [0.25, 0.3) is 0 Å². The Hall–Kier alpha value is -0.853. The van der Waals surface area contributed by atoms with Crippen LogP contribution < -0.4 is 0 Å². The predicted molar refractivity (Wildman–Crippen MR) is 98.9 cm³/mol. The van der Waals surface area contributed by atoms with Crippen molar-refractivity contribution in [1.29, 1.82) is 0 Å². The highest BCUT2D eigenvalue weighted by Gasteiger charge is 2.37. The van der Waals surface area contributed by atoms with Crippen LogP contribution in [0.15, 0.2) is 12.7 Å². The van der Waals surface area contributed by atoms with Gasteiger partial charge in [-0.2, -0.15) is 0 Å². The summed E-state index contributed by atoms with van der Waals surface area (Å²) in [5.74, 6) is 0. The van der Waals surface area contributed by atoms with E-state index in [1.807, 2.05) is 25.8 Å². The van der Waals surface area contributed by atoms with Gasteiger partial charge in [0.2, 0.25) is 0 Å². The van der Waals surface area contributed by atoms with Gasteiger partial charge in [0.05, 0.1) is 0 Å². The van der Waals surface area contributed by atoms with Crippen molar-refractivity contribution < 1.29 is 14.0 Å². The Balaban J connectivity index is 4.69. The third-order valence-electron chi connectivity index (χ3n) is 4.04. The zero-order chi connectivity index (χ0) is 18.5. The van der Waals surface area contributed by atoms with Gasteiger partial charge in [-0.15, -0.1) is 6.58 Å². The molecule has 0 spiro atoms. The van der Waals surface area contributed by atoms with Crippen LogP contribution in [0.4, 0.5) is 4.79 Å². The van der Waals surface area contributed by atoms with Crippen molar-refractivity contribution in [2.45, 2.75) is 65.3 Å². The fourth-order valence-electron chi connectivity index (χ4n) is 1.58. The average molecular weight is 345 g/mol. The van der Waals surface area contributed by atoms with E-state index in [-0.39, 0.29) is 11.1 Å². The van der Waals surface area contributed by atoms with Crippen molar-refractivity contribution >= 4 is 14.4 Å². The van der Waals surface area contributed by atoms with Crippen LogP contribution in [0, 0.1) is 0 Å². The van der Waals surface area contributed by atoms with Gasteiger partial charge >= 0.3 is 6.09 Å². The number of amides is 1. The molecular weight excluding hydrogens is 308 g/mol. The molecular formula is C17H36N2O3Si. The molecule has 0 saturated heterocycles. The number of nitrogens with zero attached hydrogens (tertiary/aromatic N) is 2. The van der Waals surface area contributed by atoms with E-state index in [1.165, 1.54) is 5.01 Å². The van der Waals surface area contributed by atoms with E-state index < -0.39 is 13.9 Å². The molecule has 0 aromatic carbocycles. The molecule has 0 saturated carbocycles. The van der Waals surface area contributed by atoms with Crippen molar-refractivity contribution in [3.8, 4) is 0 Å². The van der Waals surface area contributed by atoms with Crippen molar-refractivity contribution in [1.82, 2.24) is 10.0 Å². The fourth-order valence-corrected chi connectivity index (χ4v) is 2.61. The molecule has 0 unspecified atom stereocenters. The Kier molecular flexibility index (Phi) is 8.00. The Labute approximate surface area is 143 Å². The first-order valence-electron chi connectivity index (χ1n) is 8.17. The third kappa shape index (κ3) is 7.99. The molecule has 0 fully saturated rings. The van der Waals surface area contributed by atoms with Gasteiger partial charge < -0.3 is 9.16 Å². The van der Waals surface area contributed by atoms with Crippen molar-refractivity contribution in [3.63, 3.8) is 0 Å². The van der Waals surface area contributed by atoms with Gasteiger partial charge in [-0.25, -0.2) is 14.8 Å². The minimum atomic E-state index is -1.78. The second-order valence-corrected chi connectivity index (χ2v) is 13.1. The second kappa shape index (κ2) is 8.31. The van der Waals surface area contributed by atoms with E-state index in [4.69, 9.17) is 9.16 Å². The molecule has 23 heavy (non-hydrogen) atoms. The molecule has 0 aromatic rings. The first-order valence-corrected chi connectivity index (χ1v) is 11.1. The maximum absolute atomic E-state index is 12.2. The van der Waals surface area contributed by atoms with Gasteiger partial charge in [0.1, 0.15) is 5.60 Å². The Bertz CT molecular complexity index is 398. The lowest BCUT2D eigenvalue weighted by Crippen LogP contribution is -2.49. The van der Waals surface area contributed by atoms with Crippen LogP contribution in [0.5, 0.6) is 0 Å². The highest BCUT2D eigenvalue weighted by atomic mass is 28.4. The maximum atomic E-state index is 12.2. The van der Waals surface area contributed by atoms with Crippen molar-refractivity contribution in [3.05, 3.63) is 12.7 Å². The van der Waals surface area contributed by atoms with E-state index >= 15 is 0 Å². The second-order valence-electron chi connectivity index (χ2n) is 8.31. The zero-order valence-electron chi connectivity index (χ0n) is 16.5. The number of hydrogen-bond acceptors (Lipinski definition) is 4. The fraction of sp³-hybridized carbons (Fsp3) is 0.824. The average Bonchev–Trinajstić information content (AvgIpc) is 2.33. The Morgan fingerprint density at radius 2 is 1.70 bits per heavy atom. The maximum Gasteiger partial charge on any atom is 0.424 e.